The molecule has 0 N–H and O–H groups in total. The second-order valence-electron chi connectivity index (χ2n) is 5.49. The van der Waals surface area contributed by atoms with Crippen LogP contribution in [0.3, 0.4) is 0 Å². The van der Waals surface area contributed by atoms with Crippen molar-refractivity contribution >= 4 is 21.7 Å². The van der Waals surface area contributed by atoms with Crippen LogP contribution in [-0.2, 0) is 19.4 Å². The summed E-state index contributed by atoms with van der Waals surface area (Å²) in [5.41, 5.74) is 0. The third kappa shape index (κ3) is 5.30. The van der Waals surface area contributed by atoms with Crippen LogP contribution in [0.4, 0.5) is 0 Å². The van der Waals surface area contributed by atoms with E-state index in [0.29, 0.717) is 26.1 Å². The Kier molecular flexibility index (Phi) is 6.64. The topological polar surface area (TPSA) is 74.8 Å². The Morgan fingerprint density at radius 2 is 1.86 bits per heavy atom. The molecule has 1 rings (SSSR count). The summed E-state index contributed by atoms with van der Waals surface area (Å²) in [7, 11) is -3.00. The second kappa shape index (κ2) is 7.77. The van der Waals surface area contributed by atoms with E-state index in [2.05, 4.69) is 0 Å². The van der Waals surface area contributed by atoms with Crippen molar-refractivity contribution in [1.82, 2.24) is 9.80 Å². The number of hydrogen-bond donors (Lipinski definition) is 0. The lowest BCUT2D eigenvalue weighted by atomic mass is 10.2. The molecule has 1 saturated heterocycles. The molecule has 6 nitrogen and oxygen atoms in total. The molecule has 1 fully saturated rings. The molecule has 1 aliphatic heterocycles. The number of carbonyl (C=O) groups is 2. The minimum Gasteiger partial charge on any atom is -0.342 e. The first-order valence-corrected chi connectivity index (χ1v) is 9.38. The van der Waals surface area contributed by atoms with Gasteiger partial charge in [0, 0.05) is 39.0 Å². The first-order chi connectivity index (χ1) is 9.80. The smallest absolute Gasteiger partial charge is 0.224 e. The van der Waals surface area contributed by atoms with Gasteiger partial charge in [0.25, 0.3) is 0 Å². The quantitative estimate of drug-likeness (QED) is 0.691. The zero-order valence-corrected chi connectivity index (χ0v) is 14.0. The van der Waals surface area contributed by atoms with E-state index in [-0.39, 0.29) is 35.8 Å². The summed E-state index contributed by atoms with van der Waals surface area (Å²) in [6, 6.07) is -0.204. The van der Waals surface area contributed by atoms with Gasteiger partial charge in [-0.2, -0.15) is 0 Å². The Hall–Kier alpha value is -1.11. The lowest BCUT2D eigenvalue weighted by molar-refractivity contribution is -0.134. The fourth-order valence-electron chi connectivity index (χ4n) is 2.73. The molecule has 1 atom stereocenters. The highest BCUT2D eigenvalue weighted by atomic mass is 32.2. The second-order valence-corrected chi connectivity index (χ2v) is 7.72. The maximum atomic E-state index is 12.3. The molecule has 0 aromatic rings. The summed E-state index contributed by atoms with van der Waals surface area (Å²) in [5, 5.41) is 0. The summed E-state index contributed by atoms with van der Waals surface area (Å²) >= 11 is 0. The third-order valence-corrected chi connectivity index (χ3v) is 5.59. The standard InChI is InChI=1S/C14H26N2O4S/c1-4-8-15(12(3)17)9-6-14(18)16(5-2)13-7-10-21(19,20)11-13/h13H,4-11H2,1-3H3. The lowest BCUT2D eigenvalue weighted by Gasteiger charge is -2.28. The van der Waals surface area contributed by atoms with Crippen molar-refractivity contribution in [3.63, 3.8) is 0 Å². The number of amides is 2. The van der Waals surface area contributed by atoms with Crippen LogP contribution in [0.1, 0.15) is 40.0 Å². The van der Waals surface area contributed by atoms with Gasteiger partial charge in [-0.1, -0.05) is 6.92 Å². The molecule has 0 aliphatic carbocycles. The molecule has 122 valence electrons. The SMILES string of the molecule is CCCN(CCC(=O)N(CC)C1CCS(=O)(=O)C1)C(C)=O. The van der Waals surface area contributed by atoms with Crippen molar-refractivity contribution in [2.24, 2.45) is 0 Å². The van der Waals surface area contributed by atoms with Crippen LogP contribution in [0.5, 0.6) is 0 Å². The van der Waals surface area contributed by atoms with Crippen LogP contribution >= 0.6 is 0 Å². The van der Waals surface area contributed by atoms with Gasteiger partial charge in [0.2, 0.25) is 11.8 Å². The predicted molar refractivity (Wildman–Crippen MR) is 81.6 cm³/mol. The molecule has 1 unspecified atom stereocenters. The minimum atomic E-state index is -3.00. The Bertz CT molecular complexity index is 475. The highest BCUT2D eigenvalue weighted by Crippen LogP contribution is 2.18. The van der Waals surface area contributed by atoms with Crippen LogP contribution < -0.4 is 0 Å². The number of carbonyl (C=O) groups excluding carboxylic acids is 2. The summed E-state index contributed by atoms with van der Waals surface area (Å²) in [6.07, 6.45) is 1.63. The minimum absolute atomic E-state index is 0.0313. The first-order valence-electron chi connectivity index (χ1n) is 7.56. The fraction of sp³-hybridized carbons (Fsp3) is 0.857. The molecule has 0 aromatic carbocycles. The normalized spacial score (nSPS) is 20.2. The molecule has 1 aliphatic rings. The van der Waals surface area contributed by atoms with Crippen molar-refractivity contribution in [2.45, 2.75) is 46.1 Å². The van der Waals surface area contributed by atoms with Crippen molar-refractivity contribution in [1.29, 1.82) is 0 Å². The van der Waals surface area contributed by atoms with Gasteiger partial charge in [0.15, 0.2) is 9.84 Å². The van der Waals surface area contributed by atoms with Gasteiger partial charge in [0.1, 0.15) is 0 Å². The molecule has 7 heteroatoms. The van der Waals surface area contributed by atoms with Crippen LogP contribution in [-0.4, -0.2) is 67.2 Å². The number of nitrogens with zero attached hydrogens (tertiary/aromatic N) is 2. The average Bonchev–Trinajstić information content (AvgIpc) is 2.75. The van der Waals surface area contributed by atoms with Crippen molar-refractivity contribution < 1.29 is 18.0 Å². The summed E-state index contributed by atoms with van der Waals surface area (Å²) in [4.78, 5) is 27.1. The molecular weight excluding hydrogens is 292 g/mol. The lowest BCUT2D eigenvalue weighted by Crippen LogP contribution is -2.42. The Balaban J connectivity index is 2.57. The Morgan fingerprint density at radius 3 is 2.29 bits per heavy atom. The number of rotatable bonds is 7. The van der Waals surface area contributed by atoms with E-state index >= 15 is 0 Å². The molecule has 2 amide bonds. The van der Waals surface area contributed by atoms with Crippen molar-refractivity contribution in [3.8, 4) is 0 Å². The fourth-order valence-corrected chi connectivity index (χ4v) is 4.46. The molecule has 0 aromatic heterocycles. The van der Waals surface area contributed by atoms with Gasteiger partial charge in [0.05, 0.1) is 11.5 Å². The van der Waals surface area contributed by atoms with Crippen molar-refractivity contribution in [2.75, 3.05) is 31.1 Å². The van der Waals surface area contributed by atoms with Crippen LogP contribution in [0.25, 0.3) is 0 Å². The van der Waals surface area contributed by atoms with E-state index in [9.17, 15) is 18.0 Å². The van der Waals surface area contributed by atoms with Crippen LogP contribution in [0.2, 0.25) is 0 Å². The highest BCUT2D eigenvalue weighted by Gasteiger charge is 2.33. The maximum absolute atomic E-state index is 12.3. The molecule has 21 heavy (non-hydrogen) atoms. The van der Waals surface area contributed by atoms with E-state index in [0.717, 1.165) is 6.42 Å². The van der Waals surface area contributed by atoms with Gasteiger partial charge < -0.3 is 9.80 Å². The van der Waals surface area contributed by atoms with Crippen LogP contribution in [0, 0.1) is 0 Å². The average molecular weight is 318 g/mol. The maximum Gasteiger partial charge on any atom is 0.224 e. The summed E-state index contributed by atoms with van der Waals surface area (Å²) < 4.78 is 23.1. The van der Waals surface area contributed by atoms with E-state index < -0.39 is 9.84 Å². The summed E-state index contributed by atoms with van der Waals surface area (Å²) in [6.45, 7) is 6.90. The van der Waals surface area contributed by atoms with E-state index in [4.69, 9.17) is 0 Å². The Morgan fingerprint density at radius 1 is 1.19 bits per heavy atom. The number of sulfone groups is 1. The van der Waals surface area contributed by atoms with E-state index in [1.807, 2.05) is 13.8 Å². The van der Waals surface area contributed by atoms with Gasteiger partial charge >= 0.3 is 0 Å². The molecule has 0 spiro atoms. The molecule has 0 radical (unpaired) electrons. The summed E-state index contributed by atoms with van der Waals surface area (Å²) in [5.74, 6) is 0.132. The third-order valence-electron chi connectivity index (χ3n) is 3.84. The van der Waals surface area contributed by atoms with Crippen LogP contribution in [0.15, 0.2) is 0 Å². The Labute approximate surface area is 127 Å². The van der Waals surface area contributed by atoms with Gasteiger partial charge in [-0.15, -0.1) is 0 Å². The zero-order valence-electron chi connectivity index (χ0n) is 13.2. The monoisotopic (exact) mass is 318 g/mol. The van der Waals surface area contributed by atoms with E-state index in [1.54, 1.807) is 9.80 Å². The molecule has 0 saturated carbocycles. The first kappa shape index (κ1) is 17.9. The van der Waals surface area contributed by atoms with Crippen molar-refractivity contribution in [3.05, 3.63) is 0 Å². The highest BCUT2D eigenvalue weighted by molar-refractivity contribution is 7.91. The van der Waals surface area contributed by atoms with Gasteiger partial charge in [-0.05, 0) is 19.8 Å². The largest absolute Gasteiger partial charge is 0.342 e. The molecular formula is C14H26N2O4S. The molecule has 0 bridgehead atoms. The number of hydrogen-bond acceptors (Lipinski definition) is 4. The zero-order chi connectivity index (χ0) is 16.0. The molecule has 1 heterocycles. The predicted octanol–water partition coefficient (Wildman–Crippen LogP) is 0.671. The van der Waals surface area contributed by atoms with Gasteiger partial charge in [-0.3, -0.25) is 9.59 Å². The van der Waals surface area contributed by atoms with Gasteiger partial charge in [-0.25, -0.2) is 8.42 Å². The van der Waals surface area contributed by atoms with E-state index in [1.165, 1.54) is 6.92 Å².